The molecule has 2 atom stereocenters. The third kappa shape index (κ3) is 19.8. The minimum absolute atomic E-state index is 0.0578. The van der Waals surface area contributed by atoms with Crippen LogP contribution in [0.1, 0.15) is 134 Å². The summed E-state index contributed by atoms with van der Waals surface area (Å²) in [5, 5.41) is 0. The van der Waals surface area contributed by atoms with E-state index in [1.807, 2.05) is 12.1 Å². The summed E-state index contributed by atoms with van der Waals surface area (Å²) in [4.78, 5) is 28.2. The van der Waals surface area contributed by atoms with Gasteiger partial charge in [-0.3, -0.25) is 4.79 Å². The van der Waals surface area contributed by atoms with E-state index in [1.165, 1.54) is 64.7 Å². The van der Waals surface area contributed by atoms with Gasteiger partial charge in [0.05, 0.1) is 19.8 Å². The minimum Gasteiger partial charge on any atom is -0.493 e. The van der Waals surface area contributed by atoms with Gasteiger partial charge in [-0.15, -0.1) is 0 Å². The highest BCUT2D eigenvalue weighted by Crippen LogP contribution is 2.28. The van der Waals surface area contributed by atoms with E-state index in [-0.39, 0.29) is 19.2 Å². The summed E-state index contributed by atoms with van der Waals surface area (Å²) >= 11 is 0. The van der Waals surface area contributed by atoms with Crippen molar-refractivity contribution in [3.8, 4) is 17.2 Å². The first kappa shape index (κ1) is 45.4. The van der Waals surface area contributed by atoms with Crippen LogP contribution in [-0.2, 0) is 20.7 Å². The number of esters is 2. The Morgan fingerprint density at radius 3 is 1.87 bits per heavy atom. The maximum Gasteiger partial charge on any atom is 0.338 e. The molecular formula is C45H69NO7. The van der Waals surface area contributed by atoms with Gasteiger partial charge in [0, 0.05) is 12.5 Å². The topological polar surface area (TPSA) is 83.5 Å². The lowest BCUT2D eigenvalue weighted by molar-refractivity contribution is -0.153. The molecule has 0 heterocycles. The van der Waals surface area contributed by atoms with E-state index < -0.39 is 12.1 Å². The molecule has 0 aliphatic carbocycles. The van der Waals surface area contributed by atoms with Crippen molar-refractivity contribution in [2.75, 3.05) is 40.5 Å². The molecule has 8 nitrogen and oxygen atoms in total. The highest BCUT2D eigenvalue weighted by atomic mass is 16.6. The lowest BCUT2D eigenvalue weighted by Crippen LogP contribution is -2.34. The van der Waals surface area contributed by atoms with Gasteiger partial charge in [0.15, 0.2) is 17.6 Å². The highest BCUT2D eigenvalue weighted by molar-refractivity contribution is 5.90. The number of unbranched alkanes of at least 4 members (excludes halogenated alkanes) is 10. The fourth-order valence-electron chi connectivity index (χ4n) is 6.20. The number of carbonyl (C=O) groups excluding carboxylic acids is 2. The van der Waals surface area contributed by atoms with Crippen LogP contribution in [0.15, 0.2) is 66.8 Å². The van der Waals surface area contributed by atoms with Crippen LogP contribution >= 0.6 is 0 Å². The predicted octanol–water partition coefficient (Wildman–Crippen LogP) is 10.7. The number of ether oxygens (including phenoxy) is 5. The largest absolute Gasteiger partial charge is 0.493 e. The SMILES string of the molecule is CCCCCC=CCCCCC=CCCCCCCC(=O)OC(COC(=O)c1ccc(OC)c(OC)c1)COc1ccc(CC(C)N(CC)CC)cc1. The number of likely N-dealkylation sites (N-methyl/N-ethyl adjacent to an activating group) is 1. The Balaban J connectivity index is 1.80. The average molecular weight is 736 g/mol. The second-order valence-electron chi connectivity index (χ2n) is 13.7. The number of hydrogen-bond donors (Lipinski definition) is 0. The van der Waals surface area contributed by atoms with Crippen LogP contribution in [-0.4, -0.2) is 69.5 Å². The lowest BCUT2D eigenvalue weighted by Gasteiger charge is -2.26. The van der Waals surface area contributed by atoms with Crippen molar-refractivity contribution in [2.45, 2.75) is 136 Å². The van der Waals surface area contributed by atoms with Crippen LogP contribution in [0.4, 0.5) is 0 Å². The van der Waals surface area contributed by atoms with E-state index in [4.69, 9.17) is 23.7 Å². The predicted molar refractivity (Wildman–Crippen MR) is 216 cm³/mol. The summed E-state index contributed by atoms with van der Waals surface area (Å²) in [6, 6.07) is 13.3. The van der Waals surface area contributed by atoms with E-state index in [0.717, 1.165) is 58.0 Å². The molecule has 0 saturated heterocycles. The number of allylic oxidation sites excluding steroid dienone is 4. The standard InChI is InChI=1S/C45H69NO7/c1-7-10-11-12-13-14-15-16-17-18-19-20-21-22-23-24-25-26-44(47)53-41(36-52-45(48)39-29-32-42(49-5)43(34-39)50-6)35-51-40-30-27-38(28-31-40)33-37(4)46(8-2)9-3/h13-14,19-20,27-32,34,37,41H,7-12,15-18,21-26,33,35-36H2,1-6H3. The van der Waals surface area contributed by atoms with Crippen LogP contribution in [0.5, 0.6) is 17.2 Å². The van der Waals surface area contributed by atoms with E-state index in [1.54, 1.807) is 18.2 Å². The van der Waals surface area contributed by atoms with Crippen molar-refractivity contribution < 1.29 is 33.3 Å². The lowest BCUT2D eigenvalue weighted by atomic mass is 10.1. The first-order chi connectivity index (χ1) is 25.8. The zero-order valence-electron chi connectivity index (χ0n) is 33.7. The normalized spacial score (nSPS) is 12.7. The quantitative estimate of drug-likeness (QED) is 0.0445. The zero-order valence-corrected chi connectivity index (χ0v) is 33.7. The third-order valence-electron chi connectivity index (χ3n) is 9.44. The summed E-state index contributed by atoms with van der Waals surface area (Å²) < 4.78 is 28.0. The molecule has 2 unspecified atom stereocenters. The number of nitrogens with zero attached hydrogens (tertiary/aromatic N) is 1. The molecule has 2 aromatic rings. The van der Waals surface area contributed by atoms with Crippen molar-refractivity contribution in [1.82, 2.24) is 4.90 Å². The van der Waals surface area contributed by atoms with Crippen LogP contribution in [0.25, 0.3) is 0 Å². The van der Waals surface area contributed by atoms with E-state index in [0.29, 0.717) is 35.3 Å². The smallest absolute Gasteiger partial charge is 0.338 e. The fraction of sp³-hybridized carbons (Fsp3) is 0.600. The Labute approximate surface area is 321 Å². The molecule has 0 aliphatic heterocycles. The van der Waals surface area contributed by atoms with Crippen molar-refractivity contribution >= 4 is 11.9 Å². The van der Waals surface area contributed by atoms with E-state index >= 15 is 0 Å². The number of hydrogen-bond acceptors (Lipinski definition) is 8. The monoisotopic (exact) mass is 736 g/mol. The summed E-state index contributed by atoms with van der Waals surface area (Å²) in [7, 11) is 3.04. The molecule has 53 heavy (non-hydrogen) atoms. The Hall–Kier alpha value is -3.78. The second-order valence-corrected chi connectivity index (χ2v) is 13.7. The van der Waals surface area contributed by atoms with Crippen molar-refractivity contribution in [1.29, 1.82) is 0 Å². The summed E-state index contributed by atoms with van der Waals surface area (Å²) in [6.07, 6.45) is 24.7. The molecule has 0 N–H and O–H groups in total. The molecule has 2 aromatic carbocycles. The first-order valence-electron chi connectivity index (χ1n) is 20.2. The maximum atomic E-state index is 12.9. The average Bonchev–Trinajstić information content (AvgIpc) is 3.17. The van der Waals surface area contributed by atoms with Gasteiger partial charge in [0.1, 0.15) is 19.0 Å². The highest BCUT2D eigenvalue weighted by Gasteiger charge is 2.20. The van der Waals surface area contributed by atoms with E-state index in [9.17, 15) is 9.59 Å². The number of carbonyl (C=O) groups is 2. The molecule has 0 saturated carbocycles. The van der Waals surface area contributed by atoms with Crippen LogP contribution in [0.3, 0.4) is 0 Å². The van der Waals surface area contributed by atoms with Gasteiger partial charge in [0.2, 0.25) is 0 Å². The van der Waals surface area contributed by atoms with Crippen LogP contribution < -0.4 is 14.2 Å². The maximum absolute atomic E-state index is 12.9. The number of methoxy groups -OCH3 is 2. The molecule has 0 amide bonds. The molecular weight excluding hydrogens is 666 g/mol. The Morgan fingerprint density at radius 1 is 0.698 bits per heavy atom. The molecule has 0 fully saturated rings. The molecule has 0 aromatic heterocycles. The number of rotatable bonds is 30. The summed E-state index contributed by atoms with van der Waals surface area (Å²) in [5.41, 5.74) is 1.53. The van der Waals surface area contributed by atoms with Gasteiger partial charge in [-0.05, 0) is 120 Å². The van der Waals surface area contributed by atoms with Gasteiger partial charge in [-0.1, -0.05) is 82.9 Å². The third-order valence-corrected chi connectivity index (χ3v) is 9.44. The summed E-state index contributed by atoms with van der Waals surface area (Å²) in [5.74, 6) is 0.717. The molecule has 2 rings (SSSR count). The van der Waals surface area contributed by atoms with Crippen LogP contribution in [0.2, 0.25) is 0 Å². The fourth-order valence-corrected chi connectivity index (χ4v) is 6.20. The Morgan fingerprint density at radius 2 is 1.28 bits per heavy atom. The number of benzene rings is 2. The van der Waals surface area contributed by atoms with Crippen LogP contribution in [0, 0.1) is 0 Å². The molecule has 0 bridgehead atoms. The van der Waals surface area contributed by atoms with Crippen molar-refractivity contribution in [2.24, 2.45) is 0 Å². The van der Waals surface area contributed by atoms with Gasteiger partial charge < -0.3 is 28.6 Å². The van der Waals surface area contributed by atoms with Crippen molar-refractivity contribution in [3.05, 3.63) is 77.9 Å². The van der Waals surface area contributed by atoms with Crippen molar-refractivity contribution in [3.63, 3.8) is 0 Å². The molecule has 0 spiro atoms. The van der Waals surface area contributed by atoms with E-state index in [2.05, 4.69) is 69.0 Å². The van der Waals surface area contributed by atoms with Gasteiger partial charge in [0.25, 0.3) is 0 Å². The second kappa shape index (κ2) is 28.7. The van der Waals surface area contributed by atoms with Gasteiger partial charge in [-0.25, -0.2) is 4.79 Å². The Bertz CT molecular complexity index is 1320. The van der Waals surface area contributed by atoms with Gasteiger partial charge >= 0.3 is 11.9 Å². The summed E-state index contributed by atoms with van der Waals surface area (Å²) in [6.45, 7) is 10.8. The van der Waals surface area contributed by atoms with Gasteiger partial charge in [-0.2, -0.15) is 0 Å². The molecule has 8 heteroatoms. The molecule has 296 valence electrons. The molecule has 0 radical (unpaired) electrons. The zero-order chi connectivity index (χ0) is 38.5. The minimum atomic E-state index is -0.763. The Kier molecular flexibility index (Phi) is 24.6. The molecule has 0 aliphatic rings. The first-order valence-corrected chi connectivity index (χ1v) is 20.2.